The highest BCUT2D eigenvalue weighted by atomic mass is 28.3. The van der Waals surface area contributed by atoms with Crippen molar-refractivity contribution in [1.29, 1.82) is 0 Å². The van der Waals surface area contributed by atoms with Gasteiger partial charge in [0.05, 0.1) is 36.7 Å². The van der Waals surface area contributed by atoms with Gasteiger partial charge in [0.1, 0.15) is 29.7 Å². The molecule has 8 aromatic rings. The molecule has 4 aromatic carbocycles. The molecule has 9 rings (SSSR count). The van der Waals surface area contributed by atoms with Gasteiger partial charge in [-0.05, 0) is 123 Å². The topological polar surface area (TPSA) is 165 Å². The number of carbonyl (C=O) groups is 2. The number of hydrogen-bond acceptors (Lipinski definition) is 12. The smallest absolute Gasteiger partial charge is 0.256 e. The van der Waals surface area contributed by atoms with Crippen LogP contribution < -0.4 is 14.8 Å². The average Bonchev–Trinajstić information content (AvgIpc) is 1.84. The first-order valence-electron chi connectivity index (χ1n) is 29.7. The van der Waals surface area contributed by atoms with E-state index in [0.29, 0.717) is 74.3 Å². The molecule has 16 nitrogen and oxygen atoms in total. The average molecular weight is 1230 g/mol. The highest BCUT2D eigenvalue weighted by Gasteiger charge is 2.29. The molecule has 2 amide bonds. The van der Waals surface area contributed by atoms with Crippen molar-refractivity contribution in [2.75, 3.05) is 81.1 Å². The number of ether oxygens (including phenoxy) is 4. The van der Waals surface area contributed by atoms with Gasteiger partial charge >= 0.3 is 0 Å². The minimum Gasteiger partial charge on any atom is -0.496 e. The second-order valence-electron chi connectivity index (χ2n) is 24.7. The van der Waals surface area contributed by atoms with Crippen molar-refractivity contribution in [3.05, 3.63) is 126 Å². The number of anilines is 1. The Morgan fingerprint density at radius 2 is 1.21 bits per heavy atom. The van der Waals surface area contributed by atoms with Crippen LogP contribution in [-0.2, 0) is 16.2 Å². The van der Waals surface area contributed by atoms with Gasteiger partial charge in [0.2, 0.25) is 0 Å². The first kappa shape index (κ1) is 67.1. The van der Waals surface area contributed by atoms with Crippen LogP contribution in [0.3, 0.4) is 0 Å². The minimum absolute atomic E-state index is 0.114. The number of rotatable bonds is 21. The predicted molar refractivity (Wildman–Crippen MR) is 349 cm³/mol. The number of fused-ring (bicyclic) bond motifs is 2. The number of para-hydroxylation sites is 2. The number of aromatic amines is 1. The fraction of sp³-hybridized carbons (Fsp3) is 0.424. The Bertz CT molecular complexity index is 3630. The zero-order valence-electron chi connectivity index (χ0n) is 53.3. The van der Waals surface area contributed by atoms with Crippen LogP contribution in [0.1, 0.15) is 60.2 Å². The Hall–Kier alpha value is -7.44. The molecule has 87 heavy (non-hydrogen) atoms. The largest absolute Gasteiger partial charge is 0.496 e. The molecular formula is C66H87F3N10O6Si2. The molecule has 466 valence electrons. The zero-order chi connectivity index (χ0) is 63.3. The molecule has 0 unspecified atom stereocenters. The van der Waals surface area contributed by atoms with Crippen molar-refractivity contribution < 1.29 is 41.7 Å². The molecule has 21 heteroatoms. The highest BCUT2D eigenvalue weighted by Crippen LogP contribution is 2.39. The molecule has 2 N–H and O–H groups in total. The first-order valence-corrected chi connectivity index (χ1v) is 37.1. The van der Waals surface area contributed by atoms with E-state index < -0.39 is 39.5 Å². The summed E-state index contributed by atoms with van der Waals surface area (Å²) >= 11 is 0. The van der Waals surface area contributed by atoms with E-state index in [1.165, 1.54) is 42.1 Å². The van der Waals surface area contributed by atoms with Crippen LogP contribution in [0.2, 0.25) is 51.4 Å². The van der Waals surface area contributed by atoms with E-state index in [9.17, 15) is 18.4 Å². The summed E-state index contributed by atoms with van der Waals surface area (Å²) in [7, 11) is 9.26. The highest BCUT2D eigenvalue weighted by molar-refractivity contribution is 6.76. The molecule has 1 fully saturated rings. The van der Waals surface area contributed by atoms with Gasteiger partial charge in [-0.25, -0.2) is 27.8 Å². The number of carbonyl (C=O) groups excluding carboxylic acids is 2. The summed E-state index contributed by atoms with van der Waals surface area (Å²) in [6, 6.07) is 27.5. The first-order chi connectivity index (χ1) is 41.4. The number of amides is 2. The molecule has 0 radical (unpaired) electrons. The number of aromatic nitrogens is 6. The number of hydrogen-bond donors (Lipinski definition) is 2. The summed E-state index contributed by atoms with van der Waals surface area (Å²) in [5, 5.41) is 17.1. The third-order valence-electron chi connectivity index (χ3n) is 15.4. The quantitative estimate of drug-likeness (QED) is 0.0517. The monoisotopic (exact) mass is 1230 g/mol. The maximum atomic E-state index is 15.9. The Labute approximate surface area is 512 Å². The second kappa shape index (κ2) is 30.0. The Balaban J connectivity index is 0.000000221. The van der Waals surface area contributed by atoms with Gasteiger partial charge in [0.15, 0.2) is 22.9 Å². The lowest BCUT2D eigenvalue weighted by Crippen LogP contribution is -2.40. The molecule has 0 aliphatic heterocycles. The van der Waals surface area contributed by atoms with Crippen LogP contribution in [0, 0.1) is 17.5 Å². The lowest BCUT2D eigenvalue weighted by molar-refractivity contribution is 0.0813. The van der Waals surface area contributed by atoms with Crippen LogP contribution in [0.25, 0.3) is 66.8 Å². The molecule has 4 aromatic heterocycles. The van der Waals surface area contributed by atoms with Crippen LogP contribution in [0.15, 0.2) is 97.3 Å². The van der Waals surface area contributed by atoms with Crippen molar-refractivity contribution in [1.82, 2.24) is 44.6 Å². The van der Waals surface area contributed by atoms with Gasteiger partial charge in [-0.3, -0.25) is 14.7 Å². The predicted octanol–water partition coefficient (Wildman–Crippen LogP) is 14.2. The van der Waals surface area contributed by atoms with Crippen molar-refractivity contribution in [2.24, 2.45) is 0 Å². The molecule has 4 heterocycles. The van der Waals surface area contributed by atoms with Crippen molar-refractivity contribution in [2.45, 2.75) is 110 Å². The molecule has 0 spiro atoms. The van der Waals surface area contributed by atoms with Gasteiger partial charge in [0, 0.05) is 122 Å². The summed E-state index contributed by atoms with van der Waals surface area (Å²) in [4.78, 5) is 40.1. The maximum absolute atomic E-state index is 15.9. The third-order valence-corrected chi connectivity index (χ3v) is 18.8. The van der Waals surface area contributed by atoms with Crippen LogP contribution in [0.4, 0.5) is 18.9 Å². The number of methoxy groups -OCH3 is 3. The third kappa shape index (κ3) is 17.0. The van der Waals surface area contributed by atoms with E-state index in [-0.39, 0.29) is 29.9 Å². The zero-order valence-corrected chi connectivity index (χ0v) is 55.3. The van der Waals surface area contributed by atoms with E-state index >= 15 is 4.39 Å². The Morgan fingerprint density at radius 1 is 0.667 bits per heavy atom. The summed E-state index contributed by atoms with van der Waals surface area (Å²) in [6.45, 7) is 22.2. The van der Waals surface area contributed by atoms with E-state index in [1.807, 2.05) is 60.7 Å². The number of benzene rings is 4. The van der Waals surface area contributed by atoms with E-state index in [1.54, 1.807) is 58.6 Å². The molecule has 0 bridgehead atoms. The van der Waals surface area contributed by atoms with Crippen molar-refractivity contribution in [3.63, 3.8) is 0 Å². The number of nitrogens with zero attached hydrogens (tertiary/aromatic N) is 8. The second-order valence-corrected chi connectivity index (χ2v) is 35.9. The Morgan fingerprint density at radius 3 is 1.78 bits per heavy atom. The normalized spacial score (nSPS) is 14.3. The minimum atomic E-state index is -1.25. The SMILES string of the molecule is CCN(CC)C1CCC(Nc2c(F)cc(-c3cnc4n[nH]c(-c5ccccc5OC)c4c3)cc2C(=O)N(C)C)CC1.COCC[Si](C)(C)C.COc1ccccc1-c1nn(COCC[Si](C)(C)C)c2ncc(-c3cc(F)c(F)c(C(=O)N(C)C)c3)cc12. The van der Waals surface area contributed by atoms with E-state index in [2.05, 4.69) is 83.5 Å². The van der Waals surface area contributed by atoms with Crippen molar-refractivity contribution in [3.8, 4) is 56.3 Å². The summed E-state index contributed by atoms with van der Waals surface area (Å²) in [5.74, 6) is -2.28. The molecular weight excluding hydrogens is 1140 g/mol. The lowest BCUT2D eigenvalue weighted by atomic mass is 9.89. The standard InChI is InChI=1S/C32H39FN6O2.C28H32F2N4O3Si.C6H16OSi/c1-6-39(7-2)23-14-12-22(13-15-23)35-30-26(32(40)38(3)4)16-20(18-27(30)33)21-17-25-29(36-37-31(25)34-19-21)24-10-8-9-11-28(24)41-5;1-33(2)28(35)21-13-18(15-23(29)25(21)30)19-14-22-26(20-9-7-8-10-24(20)36-3)32-34(27(22)31-16-19)17-37-11-12-38(4,5)6;1-7-5-6-8(2,3)4/h8-11,16-19,22-23,35H,6-7,12-15H2,1-5H3,(H,34,36,37);7-10,13-16H,11-12,17H2,1-6H3;5-6H2,1-4H3. The lowest BCUT2D eigenvalue weighted by Gasteiger charge is -2.36. The molecule has 0 atom stereocenters. The molecule has 1 saturated carbocycles. The Kier molecular flexibility index (Phi) is 23.1. The van der Waals surface area contributed by atoms with Gasteiger partial charge in [-0.2, -0.15) is 10.2 Å². The number of pyridine rings is 2. The van der Waals surface area contributed by atoms with Crippen LogP contribution in [-0.4, -0.2) is 161 Å². The van der Waals surface area contributed by atoms with Gasteiger partial charge < -0.3 is 39.0 Å². The molecule has 1 aliphatic carbocycles. The summed E-state index contributed by atoms with van der Waals surface area (Å²) < 4.78 is 68.6. The van der Waals surface area contributed by atoms with Crippen LogP contribution >= 0.6 is 0 Å². The number of halogens is 3. The fourth-order valence-corrected chi connectivity index (χ4v) is 12.0. The van der Waals surface area contributed by atoms with Gasteiger partial charge in [0.25, 0.3) is 11.8 Å². The fourth-order valence-electron chi connectivity index (χ4n) is 10.4. The van der Waals surface area contributed by atoms with Gasteiger partial charge in [-0.15, -0.1) is 0 Å². The van der Waals surface area contributed by atoms with Gasteiger partial charge in [-0.1, -0.05) is 77.4 Å². The molecule has 1 aliphatic rings. The van der Waals surface area contributed by atoms with E-state index in [4.69, 9.17) is 24.0 Å². The van der Waals surface area contributed by atoms with Crippen molar-refractivity contribution >= 4 is 55.7 Å². The summed E-state index contributed by atoms with van der Waals surface area (Å²) in [6.07, 6.45) is 7.21. The number of nitrogens with one attached hydrogen (secondary N) is 2. The summed E-state index contributed by atoms with van der Waals surface area (Å²) in [5.41, 5.74) is 6.44. The van der Waals surface area contributed by atoms with Crippen LogP contribution in [0.5, 0.6) is 11.5 Å². The molecule has 0 saturated heterocycles. The maximum Gasteiger partial charge on any atom is 0.256 e. The number of H-pyrrole nitrogens is 1. The van der Waals surface area contributed by atoms with E-state index in [0.717, 1.165) is 79.7 Å².